The highest BCUT2D eigenvalue weighted by Crippen LogP contribution is 2.48. The Morgan fingerprint density at radius 1 is 0.895 bits per heavy atom. The van der Waals surface area contributed by atoms with Gasteiger partial charge < -0.3 is 14.5 Å². The van der Waals surface area contributed by atoms with Gasteiger partial charge in [0, 0.05) is 62.7 Å². The van der Waals surface area contributed by atoms with E-state index in [0.29, 0.717) is 5.82 Å². The van der Waals surface area contributed by atoms with Gasteiger partial charge in [0.2, 0.25) is 0 Å². The molecular formula is C28H33N5O4S. The van der Waals surface area contributed by atoms with Crippen LogP contribution in [0.5, 0.6) is 0 Å². The summed E-state index contributed by atoms with van der Waals surface area (Å²) in [5.41, 5.74) is 2.63. The maximum absolute atomic E-state index is 12.4. The molecule has 0 amide bonds. The zero-order valence-corrected chi connectivity index (χ0v) is 22.9. The summed E-state index contributed by atoms with van der Waals surface area (Å²) in [4.78, 5) is 45.9. The molecule has 9 nitrogen and oxygen atoms in total. The average Bonchev–Trinajstić information content (AvgIpc) is 3.17. The molecule has 3 heterocycles. The molecule has 3 aromatic rings. The largest absolute Gasteiger partial charge is 0.469 e. The fourth-order valence-corrected chi connectivity index (χ4v) is 6.23. The van der Waals surface area contributed by atoms with Crippen LogP contribution in [0.15, 0.2) is 67.9 Å². The number of benzene rings is 2. The monoisotopic (exact) mass is 535 g/mol. The SMILES string of the molecule is COC(=O)Cc1ccc2c(c1)N(CCN1CCCN(c3cc(=O)n(C)c(=O)n3C)CC1)c1ccccc1S2. The second-order valence-corrected chi connectivity index (χ2v) is 10.8. The zero-order chi connectivity index (χ0) is 26.8. The van der Waals surface area contributed by atoms with Gasteiger partial charge in [-0.25, -0.2) is 4.79 Å². The van der Waals surface area contributed by atoms with E-state index in [0.717, 1.165) is 61.5 Å². The highest BCUT2D eigenvalue weighted by Gasteiger charge is 2.25. The van der Waals surface area contributed by atoms with Gasteiger partial charge in [-0.2, -0.15) is 0 Å². The molecule has 0 unspecified atom stereocenters. The zero-order valence-electron chi connectivity index (χ0n) is 22.1. The lowest BCUT2D eigenvalue weighted by Gasteiger charge is -2.34. The van der Waals surface area contributed by atoms with Crippen LogP contribution in [0.4, 0.5) is 17.2 Å². The summed E-state index contributed by atoms with van der Waals surface area (Å²) in [6, 6.07) is 16.2. The summed E-state index contributed by atoms with van der Waals surface area (Å²) >= 11 is 1.75. The Morgan fingerprint density at radius 3 is 2.50 bits per heavy atom. The molecule has 0 radical (unpaired) electrons. The second kappa shape index (κ2) is 11.1. The first kappa shape index (κ1) is 26.1. The Balaban J connectivity index is 1.33. The third-order valence-corrected chi connectivity index (χ3v) is 8.45. The standard InChI is InChI=1S/C28H33N5O4S/c1-29-25(19-26(34)30(2)28(29)36)32-12-6-11-31(13-15-32)14-16-33-21-7-4-5-8-23(21)38-24-10-9-20(17-22(24)33)18-27(35)37-3/h4-5,7-10,17,19H,6,11-16,18H2,1-3H3. The molecule has 0 aliphatic carbocycles. The predicted molar refractivity (Wildman–Crippen MR) is 150 cm³/mol. The van der Waals surface area contributed by atoms with Crippen molar-refractivity contribution < 1.29 is 9.53 Å². The van der Waals surface area contributed by atoms with E-state index >= 15 is 0 Å². The fourth-order valence-electron chi connectivity index (χ4n) is 5.15. The van der Waals surface area contributed by atoms with Crippen molar-refractivity contribution in [2.45, 2.75) is 22.6 Å². The van der Waals surface area contributed by atoms with E-state index < -0.39 is 0 Å². The van der Waals surface area contributed by atoms with Gasteiger partial charge in [-0.15, -0.1) is 0 Å². The van der Waals surface area contributed by atoms with Crippen molar-refractivity contribution in [1.82, 2.24) is 14.0 Å². The van der Waals surface area contributed by atoms with Crippen LogP contribution >= 0.6 is 11.8 Å². The van der Waals surface area contributed by atoms with E-state index in [9.17, 15) is 14.4 Å². The Morgan fingerprint density at radius 2 is 1.68 bits per heavy atom. The smallest absolute Gasteiger partial charge is 0.332 e. The van der Waals surface area contributed by atoms with Crippen molar-refractivity contribution >= 4 is 34.9 Å². The normalized spacial score (nSPS) is 15.6. The van der Waals surface area contributed by atoms with Crippen LogP contribution in [-0.2, 0) is 30.0 Å². The number of carbonyl (C=O) groups excluding carboxylic acids is 1. The number of carbonyl (C=O) groups is 1. The molecule has 200 valence electrons. The van der Waals surface area contributed by atoms with Crippen LogP contribution < -0.4 is 21.0 Å². The number of esters is 1. The molecule has 2 aliphatic rings. The molecule has 2 aliphatic heterocycles. The number of anilines is 3. The van der Waals surface area contributed by atoms with E-state index in [1.165, 1.54) is 29.6 Å². The molecule has 38 heavy (non-hydrogen) atoms. The topological polar surface area (TPSA) is 80.0 Å². The van der Waals surface area contributed by atoms with Crippen LogP contribution in [0.1, 0.15) is 12.0 Å². The van der Waals surface area contributed by atoms with Crippen LogP contribution in [0.25, 0.3) is 0 Å². The molecule has 0 N–H and O–H groups in total. The van der Waals surface area contributed by atoms with Gasteiger partial charge >= 0.3 is 11.7 Å². The summed E-state index contributed by atoms with van der Waals surface area (Å²) in [6.45, 7) is 4.98. The summed E-state index contributed by atoms with van der Waals surface area (Å²) in [7, 11) is 4.64. The number of methoxy groups -OCH3 is 1. The molecule has 10 heteroatoms. The minimum atomic E-state index is -0.305. The van der Waals surface area contributed by atoms with E-state index in [1.807, 2.05) is 6.07 Å². The van der Waals surface area contributed by atoms with Gasteiger partial charge in [0.1, 0.15) is 5.82 Å². The van der Waals surface area contributed by atoms with E-state index in [-0.39, 0.29) is 23.6 Å². The van der Waals surface area contributed by atoms with Crippen molar-refractivity contribution in [2.75, 3.05) is 56.2 Å². The van der Waals surface area contributed by atoms with Crippen molar-refractivity contribution in [1.29, 1.82) is 0 Å². The minimum Gasteiger partial charge on any atom is -0.469 e. The number of ether oxygens (including phenoxy) is 1. The van der Waals surface area contributed by atoms with Crippen molar-refractivity contribution in [3.05, 3.63) is 74.9 Å². The molecule has 1 saturated heterocycles. The number of rotatable bonds is 6. The van der Waals surface area contributed by atoms with E-state index in [2.05, 4.69) is 51.1 Å². The Kier molecular flexibility index (Phi) is 7.62. The number of nitrogens with zero attached hydrogens (tertiary/aromatic N) is 5. The Labute approximate surface area is 226 Å². The number of hydrogen-bond acceptors (Lipinski definition) is 8. The van der Waals surface area contributed by atoms with E-state index in [1.54, 1.807) is 29.4 Å². The number of hydrogen-bond donors (Lipinski definition) is 0. The first-order valence-corrected chi connectivity index (χ1v) is 13.7. The van der Waals surface area contributed by atoms with Crippen LogP contribution in [-0.4, -0.2) is 66.4 Å². The first-order valence-electron chi connectivity index (χ1n) is 12.8. The van der Waals surface area contributed by atoms with Crippen molar-refractivity contribution in [3.63, 3.8) is 0 Å². The summed E-state index contributed by atoms with van der Waals surface area (Å²) < 4.78 is 7.57. The maximum Gasteiger partial charge on any atom is 0.332 e. The molecule has 0 saturated carbocycles. The van der Waals surface area contributed by atoms with Crippen molar-refractivity contribution in [3.8, 4) is 0 Å². The Hall–Kier alpha value is -3.50. The van der Waals surface area contributed by atoms with Gasteiger partial charge in [-0.1, -0.05) is 30.0 Å². The highest BCUT2D eigenvalue weighted by atomic mass is 32.2. The lowest BCUT2D eigenvalue weighted by molar-refractivity contribution is -0.139. The maximum atomic E-state index is 12.4. The molecule has 5 rings (SSSR count). The molecular weight excluding hydrogens is 502 g/mol. The van der Waals surface area contributed by atoms with Gasteiger partial charge in [0.05, 0.1) is 24.9 Å². The number of para-hydroxylation sites is 1. The van der Waals surface area contributed by atoms with Gasteiger partial charge in [-0.3, -0.25) is 23.6 Å². The third-order valence-electron chi connectivity index (χ3n) is 7.32. The van der Waals surface area contributed by atoms with Crippen LogP contribution in [0.3, 0.4) is 0 Å². The van der Waals surface area contributed by atoms with Crippen LogP contribution in [0, 0.1) is 0 Å². The van der Waals surface area contributed by atoms with Gasteiger partial charge in [0.15, 0.2) is 0 Å². The molecule has 0 spiro atoms. The number of aromatic nitrogens is 2. The van der Waals surface area contributed by atoms with Gasteiger partial charge in [0.25, 0.3) is 5.56 Å². The molecule has 1 aromatic heterocycles. The molecule has 2 aromatic carbocycles. The highest BCUT2D eigenvalue weighted by molar-refractivity contribution is 7.99. The average molecular weight is 536 g/mol. The summed E-state index contributed by atoms with van der Waals surface area (Å²) in [5.74, 6) is 0.428. The second-order valence-electron chi connectivity index (χ2n) is 9.70. The van der Waals surface area contributed by atoms with Crippen molar-refractivity contribution in [2.24, 2.45) is 14.1 Å². The van der Waals surface area contributed by atoms with E-state index in [4.69, 9.17) is 4.74 Å². The summed E-state index contributed by atoms with van der Waals surface area (Å²) in [5, 5.41) is 0. The third kappa shape index (κ3) is 5.23. The fraction of sp³-hybridized carbons (Fsp3) is 0.393. The molecule has 1 fully saturated rings. The minimum absolute atomic E-state index is 0.247. The lowest BCUT2D eigenvalue weighted by atomic mass is 10.1. The molecule has 0 atom stereocenters. The van der Waals surface area contributed by atoms with Crippen LogP contribution in [0.2, 0.25) is 0 Å². The van der Waals surface area contributed by atoms with Gasteiger partial charge in [-0.05, 0) is 42.8 Å². The lowest BCUT2D eigenvalue weighted by Crippen LogP contribution is -2.41. The quantitative estimate of drug-likeness (QED) is 0.446. The predicted octanol–water partition coefficient (Wildman–Crippen LogP) is 2.61. The Bertz CT molecular complexity index is 1470. The number of fused-ring (bicyclic) bond motifs is 2. The summed E-state index contributed by atoms with van der Waals surface area (Å²) in [6.07, 6.45) is 1.19. The first-order chi connectivity index (χ1) is 18.4. The molecule has 0 bridgehead atoms.